The lowest BCUT2D eigenvalue weighted by Crippen LogP contribution is -2.24. The van der Waals surface area contributed by atoms with Crippen LogP contribution in [0.5, 0.6) is 0 Å². The Morgan fingerprint density at radius 1 is 1.04 bits per heavy atom. The van der Waals surface area contributed by atoms with Crippen LogP contribution in [0.4, 0.5) is 5.69 Å². The van der Waals surface area contributed by atoms with Crippen molar-refractivity contribution in [2.45, 2.75) is 13.8 Å². The Balaban J connectivity index is 1.89. The summed E-state index contributed by atoms with van der Waals surface area (Å²) in [7, 11) is 0. The molecule has 0 aromatic heterocycles. The third-order valence-corrected chi connectivity index (χ3v) is 3.17. The average Bonchev–Trinajstić information content (AvgIpc) is 2.53. The Morgan fingerprint density at radius 3 is 2.39 bits per heavy atom. The summed E-state index contributed by atoms with van der Waals surface area (Å²) in [5.41, 5.74) is 3.15. The third-order valence-electron chi connectivity index (χ3n) is 3.17. The van der Waals surface area contributed by atoms with E-state index in [1.165, 1.54) is 6.92 Å². The number of nitrogens with one attached hydrogen (secondary N) is 2. The number of hydrogen-bond donors (Lipinski definition) is 2. The maximum Gasteiger partial charge on any atom is 0.252 e. The zero-order valence-corrected chi connectivity index (χ0v) is 13.1. The summed E-state index contributed by atoms with van der Waals surface area (Å²) >= 11 is 0. The number of aryl methyl sites for hydroxylation is 1. The smallest absolute Gasteiger partial charge is 0.252 e. The van der Waals surface area contributed by atoms with Crippen molar-refractivity contribution < 1.29 is 9.59 Å². The first-order valence-electron chi connectivity index (χ1n) is 7.26. The molecular formula is C19H18N2O2. The van der Waals surface area contributed by atoms with E-state index in [9.17, 15) is 9.59 Å². The number of rotatable bonds is 3. The van der Waals surface area contributed by atoms with Crippen LogP contribution < -0.4 is 10.6 Å². The molecule has 0 fully saturated rings. The molecule has 0 unspecified atom stereocenters. The molecule has 2 rings (SSSR count). The standard InChI is InChI=1S/C19H18N2O2/c1-14-6-3-4-8-18(14)19(23)20-13-5-7-16-9-11-17(12-10-16)21-15(2)22/h3-4,6,8-12H,13H2,1-2H3,(H,20,23)(H,21,22). The van der Waals surface area contributed by atoms with Crippen molar-refractivity contribution >= 4 is 17.5 Å². The summed E-state index contributed by atoms with van der Waals surface area (Å²) < 4.78 is 0. The molecular weight excluding hydrogens is 288 g/mol. The number of carbonyl (C=O) groups is 2. The van der Waals surface area contributed by atoms with Gasteiger partial charge in [0.1, 0.15) is 0 Å². The van der Waals surface area contributed by atoms with Crippen LogP contribution in [0.15, 0.2) is 48.5 Å². The molecule has 2 N–H and O–H groups in total. The SMILES string of the molecule is CC(=O)Nc1ccc(C#CCNC(=O)c2ccccc2C)cc1. The molecule has 2 aromatic rings. The maximum atomic E-state index is 12.0. The Morgan fingerprint density at radius 2 is 1.74 bits per heavy atom. The third kappa shape index (κ3) is 5.01. The molecule has 0 aliphatic rings. The predicted molar refractivity (Wildman–Crippen MR) is 91.1 cm³/mol. The van der Waals surface area contributed by atoms with Gasteiger partial charge in [-0.25, -0.2) is 0 Å². The molecule has 0 spiro atoms. The van der Waals surface area contributed by atoms with Gasteiger partial charge in [-0.2, -0.15) is 0 Å². The lowest BCUT2D eigenvalue weighted by molar-refractivity contribution is -0.114. The van der Waals surface area contributed by atoms with Crippen LogP contribution in [-0.2, 0) is 4.79 Å². The Labute approximate surface area is 135 Å². The van der Waals surface area contributed by atoms with Gasteiger partial charge in [0, 0.05) is 23.7 Å². The van der Waals surface area contributed by atoms with E-state index in [-0.39, 0.29) is 18.4 Å². The number of hydrogen-bond acceptors (Lipinski definition) is 2. The minimum Gasteiger partial charge on any atom is -0.341 e. The fraction of sp³-hybridized carbons (Fsp3) is 0.158. The fourth-order valence-electron chi connectivity index (χ4n) is 2.03. The number of anilines is 1. The van der Waals surface area contributed by atoms with E-state index in [4.69, 9.17) is 0 Å². The van der Waals surface area contributed by atoms with E-state index in [1.54, 1.807) is 18.2 Å². The van der Waals surface area contributed by atoms with Crippen LogP contribution in [0.1, 0.15) is 28.4 Å². The van der Waals surface area contributed by atoms with Crippen molar-refractivity contribution in [3.8, 4) is 11.8 Å². The van der Waals surface area contributed by atoms with Crippen LogP contribution in [0, 0.1) is 18.8 Å². The molecule has 0 heterocycles. The minimum absolute atomic E-state index is 0.109. The molecule has 0 aliphatic carbocycles. The van der Waals surface area contributed by atoms with Crippen molar-refractivity contribution in [2.24, 2.45) is 0 Å². The monoisotopic (exact) mass is 306 g/mol. The molecule has 0 radical (unpaired) electrons. The van der Waals surface area contributed by atoms with E-state index in [1.807, 2.05) is 37.3 Å². The Hall–Kier alpha value is -3.06. The van der Waals surface area contributed by atoms with E-state index in [0.717, 1.165) is 16.8 Å². The van der Waals surface area contributed by atoms with Crippen LogP contribution in [0.25, 0.3) is 0 Å². The maximum absolute atomic E-state index is 12.0. The van der Waals surface area contributed by atoms with Crippen molar-refractivity contribution in [2.75, 3.05) is 11.9 Å². The normalized spacial score (nSPS) is 9.48. The highest BCUT2D eigenvalue weighted by Crippen LogP contribution is 2.08. The quantitative estimate of drug-likeness (QED) is 0.857. The predicted octanol–water partition coefficient (Wildman–Crippen LogP) is 2.73. The number of carbonyl (C=O) groups excluding carboxylic acids is 2. The van der Waals surface area contributed by atoms with E-state index in [0.29, 0.717) is 5.56 Å². The highest BCUT2D eigenvalue weighted by Gasteiger charge is 2.05. The van der Waals surface area contributed by atoms with Gasteiger partial charge >= 0.3 is 0 Å². The van der Waals surface area contributed by atoms with Crippen LogP contribution in [0.2, 0.25) is 0 Å². The molecule has 0 bridgehead atoms. The van der Waals surface area contributed by atoms with E-state index >= 15 is 0 Å². The minimum atomic E-state index is -0.126. The summed E-state index contributed by atoms with van der Waals surface area (Å²) in [5.74, 6) is 5.65. The van der Waals surface area contributed by atoms with Crippen LogP contribution >= 0.6 is 0 Å². The lowest BCUT2D eigenvalue weighted by atomic mass is 10.1. The van der Waals surface area contributed by atoms with Gasteiger partial charge in [-0.1, -0.05) is 30.0 Å². The summed E-state index contributed by atoms with van der Waals surface area (Å²) in [6.45, 7) is 3.64. The van der Waals surface area contributed by atoms with Gasteiger partial charge in [0.2, 0.25) is 5.91 Å². The van der Waals surface area contributed by atoms with Crippen molar-refractivity contribution in [1.29, 1.82) is 0 Å². The van der Waals surface area contributed by atoms with Gasteiger partial charge in [0.15, 0.2) is 0 Å². The number of benzene rings is 2. The van der Waals surface area contributed by atoms with Crippen molar-refractivity contribution in [3.05, 3.63) is 65.2 Å². The summed E-state index contributed by atoms with van der Waals surface area (Å²) in [4.78, 5) is 22.9. The van der Waals surface area contributed by atoms with E-state index < -0.39 is 0 Å². The summed E-state index contributed by atoms with van der Waals surface area (Å²) in [5, 5.41) is 5.47. The summed E-state index contributed by atoms with van der Waals surface area (Å²) in [6.07, 6.45) is 0. The highest BCUT2D eigenvalue weighted by molar-refractivity contribution is 5.95. The zero-order chi connectivity index (χ0) is 16.7. The van der Waals surface area contributed by atoms with Crippen LogP contribution in [-0.4, -0.2) is 18.4 Å². The Kier molecular flexibility index (Phi) is 5.54. The van der Waals surface area contributed by atoms with Gasteiger partial charge in [0.05, 0.1) is 6.54 Å². The lowest BCUT2D eigenvalue weighted by Gasteiger charge is -2.04. The van der Waals surface area contributed by atoms with Gasteiger partial charge < -0.3 is 10.6 Å². The first-order valence-corrected chi connectivity index (χ1v) is 7.26. The molecule has 4 nitrogen and oxygen atoms in total. The van der Waals surface area contributed by atoms with Gasteiger partial charge in [-0.05, 0) is 42.8 Å². The van der Waals surface area contributed by atoms with Crippen molar-refractivity contribution in [1.82, 2.24) is 5.32 Å². The Bertz CT molecular complexity index is 768. The van der Waals surface area contributed by atoms with Crippen molar-refractivity contribution in [3.63, 3.8) is 0 Å². The van der Waals surface area contributed by atoms with Gasteiger partial charge in [-0.15, -0.1) is 0 Å². The molecule has 2 amide bonds. The highest BCUT2D eigenvalue weighted by atomic mass is 16.2. The molecule has 2 aromatic carbocycles. The molecule has 0 saturated heterocycles. The second-order valence-electron chi connectivity index (χ2n) is 5.06. The molecule has 0 aliphatic heterocycles. The topological polar surface area (TPSA) is 58.2 Å². The molecule has 23 heavy (non-hydrogen) atoms. The number of amides is 2. The largest absolute Gasteiger partial charge is 0.341 e. The first kappa shape index (κ1) is 16.3. The van der Waals surface area contributed by atoms with E-state index in [2.05, 4.69) is 22.5 Å². The zero-order valence-electron chi connectivity index (χ0n) is 13.1. The summed E-state index contributed by atoms with van der Waals surface area (Å²) in [6, 6.07) is 14.6. The van der Waals surface area contributed by atoms with Crippen LogP contribution in [0.3, 0.4) is 0 Å². The second-order valence-corrected chi connectivity index (χ2v) is 5.06. The molecule has 4 heteroatoms. The fourth-order valence-corrected chi connectivity index (χ4v) is 2.03. The first-order chi connectivity index (χ1) is 11.1. The van der Waals surface area contributed by atoms with Gasteiger partial charge in [0.25, 0.3) is 5.91 Å². The second kappa shape index (κ2) is 7.81. The molecule has 0 saturated carbocycles. The molecule has 0 atom stereocenters. The van der Waals surface area contributed by atoms with Gasteiger partial charge in [-0.3, -0.25) is 9.59 Å². The average molecular weight is 306 g/mol. The molecule has 116 valence electrons.